The second kappa shape index (κ2) is 7.42. The van der Waals surface area contributed by atoms with Gasteiger partial charge in [-0.3, -0.25) is 4.79 Å². The van der Waals surface area contributed by atoms with Crippen molar-refractivity contribution in [3.8, 4) is 11.9 Å². The van der Waals surface area contributed by atoms with Gasteiger partial charge in [0.2, 0.25) is 0 Å². The molecule has 0 unspecified atom stereocenters. The van der Waals surface area contributed by atoms with Crippen LogP contribution in [0.25, 0.3) is 5.82 Å². The molecule has 0 aliphatic carbocycles. The number of nitrogens with zero attached hydrogens (tertiary/aromatic N) is 5. The summed E-state index contributed by atoms with van der Waals surface area (Å²) in [6, 6.07) is 14.6. The van der Waals surface area contributed by atoms with Gasteiger partial charge in [-0.2, -0.15) is 10.4 Å². The number of carbonyl (C=O) groups excluding carboxylic acids is 1. The quantitative estimate of drug-likeness (QED) is 0.710. The number of hydrogen-bond donors (Lipinski definition) is 0. The Bertz CT molecular complexity index is 1010. The lowest BCUT2D eigenvalue weighted by Gasteiger charge is -2.27. The van der Waals surface area contributed by atoms with E-state index in [1.165, 1.54) is 0 Å². The molecule has 0 saturated carbocycles. The first-order valence-electron chi connectivity index (χ1n) is 8.74. The van der Waals surface area contributed by atoms with Gasteiger partial charge in [-0.05, 0) is 64.1 Å². The van der Waals surface area contributed by atoms with Gasteiger partial charge in [0.1, 0.15) is 0 Å². The Morgan fingerprint density at radius 3 is 2.52 bits per heavy atom. The Kier molecular flexibility index (Phi) is 5.04. The topological polar surface area (TPSA) is 74.8 Å². The zero-order valence-electron chi connectivity index (χ0n) is 15.8. The minimum absolute atomic E-state index is 0.0675. The molecule has 0 radical (unpaired) electrons. The molecule has 0 N–H and O–H groups in total. The Labute approximate surface area is 158 Å². The van der Waals surface area contributed by atoms with Gasteiger partial charge in [-0.25, -0.2) is 9.67 Å². The maximum Gasteiger partial charge on any atom is 0.260 e. The molecule has 1 aromatic carbocycles. The predicted octanol–water partition coefficient (Wildman–Crippen LogP) is 3.81. The number of nitriles is 1. The monoisotopic (exact) mass is 359 g/mol. The fraction of sp³-hybridized carbons (Fsp3) is 0.238. The molecule has 0 saturated heterocycles. The van der Waals surface area contributed by atoms with E-state index < -0.39 is 0 Å². The van der Waals surface area contributed by atoms with Gasteiger partial charge < -0.3 is 4.90 Å². The van der Waals surface area contributed by atoms with E-state index in [2.05, 4.69) is 16.2 Å². The predicted molar refractivity (Wildman–Crippen MR) is 104 cm³/mol. The first-order chi connectivity index (χ1) is 12.9. The molecule has 2 heterocycles. The fourth-order valence-electron chi connectivity index (χ4n) is 3.01. The lowest BCUT2D eigenvalue weighted by molar-refractivity contribution is 0.0980. The number of aryl methyl sites for hydroxylation is 2. The van der Waals surface area contributed by atoms with E-state index >= 15 is 0 Å². The highest BCUT2D eigenvalue weighted by Crippen LogP contribution is 2.22. The summed E-state index contributed by atoms with van der Waals surface area (Å²) in [5.41, 5.74) is 3.59. The van der Waals surface area contributed by atoms with E-state index in [1.54, 1.807) is 46.1 Å². The van der Waals surface area contributed by atoms with Gasteiger partial charge in [0.05, 0.1) is 22.9 Å². The minimum atomic E-state index is -0.160. The number of amides is 1. The molecule has 0 atom stereocenters. The van der Waals surface area contributed by atoms with Crippen molar-refractivity contribution < 1.29 is 4.79 Å². The van der Waals surface area contributed by atoms with Crippen molar-refractivity contribution in [2.45, 2.75) is 33.7 Å². The number of hydrogen-bond acceptors (Lipinski definition) is 4. The zero-order valence-corrected chi connectivity index (χ0v) is 15.8. The van der Waals surface area contributed by atoms with E-state index in [9.17, 15) is 4.79 Å². The van der Waals surface area contributed by atoms with Gasteiger partial charge in [0, 0.05) is 23.6 Å². The van der Waals surface area contributed by atoms with E-state index in [1.807, 2.05) is 39.8 Å². The highest BCUT2D eigenvalue weighted by atomic mass is 16.2. The molecule has 0 aliphatic heterocycles. The smallest absolute Gasteiger partial charge is 0.260 e. The third-order valence-corrected chi connectivity index (χ3v) is 4.21. The summed E-state index contributed by atoms with van der Waals surface area (Å²) in [4.78, 5) is 19.2. The van der Waals surface area contributed by atoms with Crippen LogP contribution < -0.4 is 4.90 Å². The van der Waals surface area contributed by atoms with Gasteiger partial charge in [0.15, 0.2) is 5.82 Å². The van der Waals surface area contributed by atoms with Gasteiger partial charge in [-0.15, -0.1) is 0 Å². The number of rotatable bonds is 4. The summed E-state index contributed by atoms with van der Waals surface area (Å²) in [6.45, 7) is 7.77. The van der Waals surface area contributed by atoms with Crippen molar-refractivity contribution >= 4 is 11.6 Å². The molecule has 2 aromatic heterocycles. The Morgan fingerprint density at radius 1 is 1.19 bits per heavy atom. The Morgan fingerprint density at radius 2 is 1.96 bits per heavy atom. The van der Waals surface area contributed by atoms with Crippen molar-refractivity contribution in [2.24, 2.45) is 0 Å². The molecular formula is C21H21N5O. The molecule has 0 spiro atoms. The molecule has 27 heavy (non-hydrogen) atoms. The van der Waals surface area contributed by atoms with E-state index in [4.69, 9.17) is 5.26 Å². The second-order valence-electron chi connectivity index (χ2n) is 6.68. The van der Waals surface area contributed by atoms with Crippen LogP contribution in [0.1, 0.15) is 41.2 Å². The number of anilines is 1. The van der Waals surface area contributed by atoms with Crippen LogP contribution in [0.5, 0.6) is 0 Å². The SMILES string of the molecule is Cc1cc(C)n(-c2ccc(C(=O)N(c3cccc(C#N)c3)C(C)C)cn2)n1. The van der Waals surface area contributed by atoms with Gasteiger partial charge in [-0.1, -0.05) is 6.07 Å². The Hall–Kier alpha value is -3.46. The van der Waals surface area contributed by atoms with Crippen molar-refractivity contribution in [1.29, 1.82) is 5.26 Å². The fourth-order valence-corrected chi connectivity index (χ4v) is 3.01. The largest absolute Gasteiger partial charge is 0.306 e. The average molecular weight is 359 g/mol. The molecule has 3 aromatic rings. The van der Waals surface area contributed by atoms with Crippen molar-refractivity contribution in [1.82, 2.24) is 14.8 Å². The Balaban J connectivity index is 1.93. The molecule has 6 heteroatoms. The molecule has 1 amide bonds. The molecular weight excluding hydrogens is 338 g/mol. The first-order valence-corrected chi connectivity index (χ1v) is 8.74. The number of benzene rings is 1. The summed E-state index contributed by atoms with van der Waals surface area (Å²) < 4.78 is 1.75. The normalized spacial score (nSPS) is 10.7. The average Bonchev–Trinajstić information content (AvgIpc) is 3.00. The van der Waals surface area contributed by atoms with Crippen molar-refractivity contribution in [3.63, 3.8) is 0 Å². The molecule has 0 bridgehead atoms. The second-order valence-corrected chi connectivity index (χ2v) is 6.68. The van der Waals surface area contributed by atoms with Crippen LogP contribution >= 0.6 is 0 Å². The van der Waals surface area contributed by atoms with Crippen molar-refractivity contribution in [3.05, 3.63) is 71.2 Å². The molecule has 136 valence electrons. The molecule has 0 aliphatic rings. The standard InChI is InChI=1S/C21H21N5O/c1-14(2)25(19-7-5-6-17(11-19)12-22)21(27)18-8-9-20(23-13-18)26-16(4)10-15(3)24-26/h5-11,13-14H,1-4H3. The summed E-state index contributed by atoms with van der Waals surface area (Å²) in [6.07, 6.45) is 1.57. The summed E-state index contributed by atoms with van der Waals surface area (Å²) in [5, 5.41) is 13.5. The molecule has 6 nitrogen and oxygen atoms in total. The van der Waals surface area contributed by atoms with Gasteiger partial charge in [0.25, 0.3) is 5.91 Å². The van der Waals surface area contributed by atoms with Crippen LogP contribution in [0.3, 0.4) is 0 Å². The van der Waals surface area contributed by atoms with Crippen molar-refractivity contribution in [2.75, 3.05) is 4.90 Å². The van der Waals surface area contributed by atoms with Gasteiger partial charge >= 0.3 is 0 Å². The highest BCUT2D eigenvalue weighted by molar-refractivity contribution is 6.06. The highest BCUT2D eigenvalue weighted by Gasteiger charge is 2.21. The maximum atomic E-state index is 13.1. The van der Waals surface area contributed by atoms with E-state index in [0.717, 1.165) is 11.4 Å². The number of carbonyl (C=O) groups is 1. The van der Waals surface area contributed by atoms with Crippen LogP contribution in [-0.4, -0.2) is 26.7 Å². The molecule has 0 fully saturated rings. The van der Waals surface area contributed by atoms with Crippen LogP contribution in [0.15, 0.2) is 48.7 Å². The zero-order chi connectivity index (χ0) is 19.6. The first kappa shape index (κ1) is 18.3. The van der Waals surface area contributed by atoms with Crippen LogP contribution in [0.2, 0.25) is 0 Å². The van der Waals surface area contributed by atoms with Crippen LogP contribution in [-0.2, 0) is 0 Å². The third kappa shape index (κ3) is 3.72. The van der Waals surface area contributed by atoms with E-state index in [0.29, 0.717) is 22.6 Å². The number of aromatic nitrogens is 3. The van der Waals surface area contributed by atoms with E-state index in [-0.39, 0.29) is 11.9 Å². The lowest BCUT2D eigenvalue weighted by atomic mass is 10.1. The molecule has 3 rings (SSSR count). The minimum Gasteiger partial charge on any atom is -0.306 e. The lowest BCUT2D eigenvalue weighted by Crippen LogP contribution is -2.37. The summed E-state index contributed by atoms with van der Waals surface area (Å²) >= 11 is 0. The third-order valence-electron chi connectivity index (χ3n) is 4.21. The number of pyridine rings is 1. The summed E-state index contributed by atoms with van der Waals surface area (Å²) in [5.74, 6) is 0.507. The van der Waals surface area contributed by atoms with Crippen LogP contribution in [0.4, 0.5) is 5.69 Å². The summed E-state index contributed by atoms with van der Waals surface area (Å²) in [7, 11) is 0. The maximum absolute atomic E-state index is 13.1. The van der Waals surface area contributed by atoms with Crippen LogP contribution in [0, 0.1) is 25.2 Å².